The van der Waals surface area contributed by atoms with Crippen molar-refractivity contribution in [2.75, 3.05) is 18.6 Å². The molecule has 22 heavy (non-hydrogen) atoms. The average molecular weight is 328 g/mol. The second-order valence-electron chi connectivity index (χ2n) is 5.25. The maximum atomic E-state index is 12.5. The molecule has 0 aliphatic carbocycles. The molecule has 7 heteroatoms. The first kappa shape index (κ1) is 18.4. The number of benzene rings is 1. The lowest BCUT2D eigenvalue weighted by atomic mass is 10.1. The predicted molar refractivity (Wildman–Crippen MR) is 87.0 cm³/mol. The third-order valence-corrected chi connectivity index (χ3v) is 3.59. The van der Waals surface area contributed by atoms with Crippen LogP contribution in [-0.4, -0.2) is 43.7 Å². The number of carbonyl (C=O) groups is 2. The molecule has 1 aliphatic rings. The fraction of sp³-hybridized carbons (Fsp3) is 0.467. The zero-order valence-corrected chi connectivity index (χ0v) is 13.5. The number of amides is 2. The van der Waals surface area contributed by atoms with Crippen LogP contribution >= 0.6 is 12.4 Å². The second kappa shape index (κ2) is 8.12. The van der Waals surface area contributed by atoms with Gasteiger partial charge in [0.2, 0.25) is 11.8 Å². The highest BCUT2D eigenvalue weighted by Crippen LogP contribution is 2.26. The first-order valence-corrected chi connectivity index (χ1v) is 6.97. The van der Waals surface area contributed by atoms with Gasteiger partial charge in [-0.05, 0) is 25.5 Å². The van der Waals surface area contributed by atoms with E-state index in [-0.39, 0.29) is 36.9 Å². The van der Waals surface area contributed by atoms with E-state index in [1.54, 1.807) is 4.90 Å². The van der Waals surface area contributed by atoms with Gasteiger partial charge >= 0.3 is 0 Å². The number of nitrogens with two attached hydrogens (primary N) is 1. The number of ether oxygens (including phenoxy) is 1. The molecule has 1 aromatic rings. The van der Waals surface area contributed by atoms with Gasteiger partial charge in [0.05, 0.1) is 6.61 Å². The van der Waals surface area contributed by atoms with E-state index in [1.165, 1.54) is 7.11 Å². The lowest BCUT2D eigenvalue weighted by Crippen LogP contribution is -2.50. The molecule has 3 N–H and O–H groups in total. The summed E-state index contributed by atoms with van der Waals surface area (Å²) in [4.78, 5) is 26.1. The smallest absolute Gasteiger partial charge is 0.249 e. The van der Waals surface area contributed by atoms with Gasteiger partial charge in [0.25, 0.3) is 0 Å². The van der Waals surface area contributed by atoms with Gasteiger partial charge in [-0.15, -0.1) is 12.4 Å². The van der Waals surface area contributed by atoms with E-state index >= 15 is 0 Å². The largest absolute Gasteiger partial charge is 0.383 e. The zero-order valence-electron chi connectivity index (χ0n) is 12.7. The first-order valence-electron chi connectivity index (χ1n) is 6.97. The molecule has 1 fully saturated rings. The average Bonchev–Trinajstić information content (AvgIpc) is 2.74. The van der Waals surface area contributed by atoms with E-state index in [2.05, 4.69) is 5.32 Å². The van der Waals surface area contributed by atoms with Gasteiger partial charge in [-0.3, -0.25) is 9.59 Å². The van der Waals surface area contributed by atoms with Crippen molar-refractivity contribution in [1.82, 2.24) is 5.32 Å². The Morgan fingerprint density at radius 3 is 2.68 bits per heavy atom. The minimum atomic E-state index is -0.760. The van der Waals surface area contributed by atoms with Crippen molar-refractivity contribution < 1.29 is 14.3 Å². The van der Waals surface area contributed by atoms with Crippen LogP contribution < -0.4 is 16.0 Å². The Morgan fingerprint density at radius 2 is 2.09 bits per heavy atom. The van der Waals surface area contributed by atoms with E-state index in [0.717, 1.165) is 5.69 Å². The Balaban J connectivity index is 0.00000242. The van der Waals surface area contributed by atoms with Crippen molar-refractivity contribution in [2.24, 2.45) is 5.73 Å². The Kier molecular flexibility index (Phi) is 6.80. The van der Waals surface area contributed by atoms with Crippen molar-refractivity contribution in [3.63, 3.8) is 0 Å². The monoisotopic (exact) mass is 327 g/mol. The zero-order chi connectivity index (χ0) is 15.4. The third kappa shape index (κ3) is 3.97. The highest BCUT2D eigenvalue weighted by atomic mass is 35.5. The molecule has 0 bridgehead atoms. The molecule has 2 rings (SSSR count). The van der Waals surface area contributed by atoms with Gasteiger partial charge in [0, 0.05) is 18.8 Å². The van der Waals surface area contributed by atoms with E-state index in [4.69, 9.17) is 10.5 Å². The molecule has 122 valence electrons. The topological polar surface area (TPSA) is 84.7 Å². The summed E-state index contributed by atoms with van der Waals surface area (Å²) >= 11 is 0. The quantitative estimate of drug-likeness (QED) is 0.833. The summed E-state index contributed by atoms with van der Waals surface area (Å²) in [5.41, 5.74) is 6.51. The SMILES string of the molecule is COCC(N)C(=O)NC1CC(C)N(c2ccccc2)C1=O.Cl. The van der Waals surface area contributed by atoms with Crippen LogP contribution in [0.4, 0.5) is 5.69 Å². The summed E-state index contributed by atoms with van der Waals surface area (Å²) in [6.07, 6.45) is 0.569. The van der Waals surface area contributed by atoms with E-state index < -0.39 is 12.1 Å². The van der Waals surface area contributed by atoms with Crippen LogP contribution in [0.1, 0.15) is 13.3 Å². The highest BCUT2D eigenvalue weighted by molar-refractivity contribution is 6.02. The summed E-state index contributed by atoms with van der Waals surface area (Å²) in [7, 11) is 1.48. The lowest BCUT2D eigenvalue weighted by molar-refractivity contribution is -0.128. The number of hydrogen-bond acceptors (Lipinski definition) is 4. The summed E-state index contributed by atoms with van der Waals surface area (Å²) in [6, 6.07) is 8.18. The van der Waals surface area contributed by atoms with Gasteiger partial charge < -0.3 is 20.7 Å². The molecule has 6 nitrogen and oxygen atoms in total. The molecule has 0 spiro atoms. The molecule has 0 radical (unpaired) electrons. The van der Waals surface area contributed by atoms with E-state index in [9.17, 15) is 9.59 Å². The summed E-state index contributed by atoms with van der Waals surface area (Å²) < 4.78 is 4.85. The molecule has 1 heterocycles. The predicted octanol–water partition coefficient (Wildman–Crippen LogP) is 0.692. The lowest BCUT2D eigenvalue weighted by Gasteiger charge is -2.21. The molecule has 1 aromatic carbocycles. The second-order valence-corrected chi connectivity index (χ2v) is 5.25. The van der Waals surface area contributed by atoms with E-state index in [1.807, 2.05) is 37.3 Å². The fourth-order valence-corrected chi connectivity index (χ4v) is 2.56. The fourth-order valence-electron chi connectivity index (χ4n) is 2.56. The molecule has 1 aliphatic heterocycles. The Morgan fingerprint density at radius 1 is 1.45 bits per heavy atom. The van der Waals surface area contributed by atoms with Crippen LogP contribution in [0, 0.1) is 0 Å². The van der Waals surface area contributed by atoms with Crippen LogP contribution in [0.25, 0.3) is 0 Å². The Bertz CT molecular complexity index is 512. The number of carbonyl (C=O) groups excluding carboxylic acids is 2. The standard InChI is InChI=1S/C15H21N3O3.ClH/c1-10-8-13(17-14(19)12(16)9-21-2)15(20)18(10)11-6-4-3-5-7-11;/h3-7,10,12-13H,8-9,16H2,1-2H3,(H,17,19);1H. The van der Waals surface area contributed by atoms with Gasteiger partial charge in [-0.2, -0.15) is 0 Å². The van der Waals surface area contributed by atoms with Crippen LogP contribution in [0.5, 0.6) is 0 Å². The van der Waals surface area contributed by atoms with Crippen LogP contribution in [0.15, 0.2) is 30.3 Å². The number of nitrogens with zero attached hydrogens (tertiary/aromatic N) is 1. The van der Waals surface area contributed by atoms with Gasteiger partial charge in [-0.1, -0.05) is 18.2 Å². The van der Waals surface area contributed by atoms with E-state index in [0.29, 0.717) is 6.42 Å². The van der Waals surface area contributed by atoms with Crippen LogP contribution in [-0.2, 0) is 14.3 Å². The maximum absolute atomic E-state index is 12.5. The van der Waals surface area contributed by atoms with Gasteiger partial charge in [0.1, 0.15) is 12.1 Å². The van der Waals surface area contributed by atoms with Gasteiger partial charge in [0.15, 0.2) is 0 Å². The van der Waals surface area contributed by atoms with Crippen molar-refractivity contribution in [3.05, 3.63) is 30.3 Å². The highest BCUT2D eigenvalue weighted by Gasteiger charge is 2.39. The number of hydrogen-bond donors (Lipinski definition) is 2. The number of methoxy groups -OCH3 is 1. The van der Waals surface area contributed by atoms with Crippen LogP contribution in [0.2, 0.25) is 0 Å². The minimum absolute atomic E-state index is 0. The third-order valence-electron chi connectivity index (χ3n) is 3.59. The van der Waals surface area contributed by atoms with Crippen molar-refractivity contribution >= 4 is 29.9 Å². The van der Waals surface area contributed by atoms with Crippen LogP contribution in [0.3, 0.4) is 0 Å². The summed E-state index contributed by atoms with van der Waals surface area (Å²) in [5, 5.41) is 2.71. The molecule has 0 aromatic heterocycles. The number of para-hydroxylation sites is 1. The Hall–Kier alpha value is -1.63. The molecule has 1 saturated heterocycles. The normalized spacial score (nSPS) is 22.1. The van der Waals surface area contributed by atoms with Crippen molar-refractivity contribution in [3.8, 4) is 0 Å². The summed E-state index contributed by atoms with van der Waals surface area (Å²) in [6.45, 7) is 2.09. The number of nitrogens with one attached hydrogen (secondary N) is 1. The maximum Gasteiger partial charge on any atom is 0.249 e. The van der Waals surface area contributed by atoms with Crippen molar-refractivity contribution in [1.29, 1.82) is 0 Å². The molecule has 3 atom stereocenters. The summed E-state index contributed by atoms with van der Waals surface area (Å²) in [5.74, 6) is -0.469. The first-order chi connectivity index (χ1) is 10.0. The molecule has 0 saturated carbocycles. The number of anilines is 1. The minimum Gasteiger partial charge on any atom is -0.383 e. The molecule has 3 unspecified atom stereocenters. The molecular formula is C15H22ClN3O3. The number of rotatable bonds is 5. The Labute approximate surface area is 136 Å². The molecular weight excluding hydrogens is 306 g/mol. The van der Waals surface area contributed by atoms with Crippen molar-refractivity contribution in [2.45, 2.75) is 31.5 Å². The van der Waals surface area contributed by atoms with Gasteiger partial charge in [-0.25, -0.2) is 0 Å². The molecule has 2 amide bonds. The number of halogens is 1.